The number of hydrogen-bond donors (Lipinski definition) is 2. The van der Waals surface area contributed by atoms with Crippen molar-refractivity contribution in [2.45, 2.75) is 39.3 Å². The summed E-state index contributed by atoms with van der Waals surface area (Å²) >= 11 is 5.94. The molecule has 1 aliphatic rings. The lowest BCUT2D eigenvalue weighted by atomic mass is 9.96. The zero-order valence-corrected chi connectivity index (χ0v) is 24.1. The summed E-state index contributed by atoms with van der Waals surface area (Å²) in [5.41, 5.74) is 6.67. The Labute approximate surface area is 239 Å². The maximum atomic E-state index is 12.1. The lowest BCUT2D eigenvalue weighted by Crippen LogP contribution is -2.29. The van der Waals surface area contributed by atoms with Crippen LogP contribution in [0, 0.1) is 13.8 Å². The van der Waals surface area contributed by atoms with Crippen LogP contribution in [0.2, 0.25) is 0 Å². The van der Waals surface area contributed by atoms with Gasteiger partial charge in [-0.1, -0.05) is 19.1 Å². The first-order valence-electron chi connectivity index (χ1n) is 13.2. The van der Waals surface area contributed by atoms with Crippen LogP contribution in [0.3, 0.4) is 0 Å². The molecular weight excluding hydrogens is 522 g/mol. The number of carbonyl (C=O) groups excluding carboxylic acids is 1. The smallest absolute Gasteiger partial charge is 0.224 e. The molecule has 40 heavy (non-hydrogen) atoms. The Morgan fingerprint density at radius 2 is 1.85 bits per heavy atom. The summed E-state index contributed by atoms with van der Waals surface area (Å²) in [6.07, 6.45) is 2.18. The van der Waals surface area contributed by atoms with Crippen molar-refractivity contribution in [3.8, 4) is 17.2 Å². The predicted molar refractivity (Wildman–Crippen MR) is 162 cm³/mol. The summed E-state index contributed by atoms with van der Waals surface area (Å²) in [5, 5.41) is 7.02. The first-order valence-corrected chi connectivity index (χ1v) is 13.6. The molecule has 1 saturated heterocycles. The first-order chi connectivity index (χ1) is 19.4. The Balaban J connectivity index is 1.64. The highest BCUT2D eigenvalue weighted by Crippen LogP contribution is 2.45. The molecule has 2 atom stereocenters. The molecular formula is C31H33N5O3S. The third-order valence-corrected chi connectivity index (χ3v) is 7.57. The fourth-order valence-electron chi connectivity index (χ4n) is 5.35. The Kier molecular flexibility index (Phi) is 7.75. The number of aromatic nitrogens is 2. The van der Waals surface area contributed by atoms with Crippen LogP contribution in [-0.4, -0.2) is 34.8 Å². The molecule has 5 rings (SSSR count). The topological polar surface area (TPSA) is 80.7 Å². The van der Waals surface area contributed by atoms with Crippen LogP contribution in [0.15, 0.2) is 72.9 Å². The van der Waals surface area contributed by atoms with Gasteiger partial charge in [-0.3, -0.25) is 9.78 Å². The van der Waals surface area contributed by atoms with Crippen molar-refractivity contribution in [3.63, 3.8) is 0 Å². The fourth-order valence-corrected chi connectivity index (χ4v) is 5.70. The van der Waals surface area contributed by atoms with Crippen molar-refractivity contribution in [1.82, 2.24) is 14.9 Å². The third kappa shape index (κ3) is 5.00. The summed E-state index contributed by atoms with van der Waals surface area (Å²) in [7, 11) is 3.27. The van der Waals surface area contributed by atoms with Crippen molar-refractivity contribution in [3.05, 3.63) is 95.6 Å². The van der Waals surface area contributed by atoms with Crippen molar-refractivity contribution in [2.24, 2.45) is 0 Å². The van der Waals surface area contributed by atoms with E-state index in [1.165, 1.54) is 0 Å². The monoisotopic (exact) mass is 555 g/mol. The number of rotatable bonds is 8. The van der Waals surface area contributed by atoms with Crippen LogP contribution in [0.4, 0.5) is 11.4 Å². The maximum absolute atomic E-state index is 12.1. The summed E-state index contributed by atoms with van der Waals surface area (Å²) in [6, 6.07) is 21.5. The highest BCUT2D eigenvalue weighted by Gasteiger charge is 2.42. The normalized spacial score (nSPS) is 16.5. The second-order valence-corrected chi connectivity index (χ2v) is 10.0. The molecule has 0 saturated carbocycles. The van der Waals surface area contributed by atoms with Gasteiger partial charge in [-0.25, -0.2) is 0 Å². The number of ether oxygens (including phenoxy) is 2. The minimum Gasteiger partial charge on any atom is -0.497 e. The van der Waals surface area contributed by atoms with Gasteiger partial charge in [-0.15, -0.1) is 0 Å². The van der Waals surface area contributed by atoms with Gasteiger partial charge in [-0.2, -0.15) is 0 Å². The molecule has 1 aliphatic heterocycles. The van der Waals surface area contributed by atoms with Crippen molar-refractivity contribution >= 4 is 34.6 Å². The number of pyridine rings is 1. The van der Waals surface area contributed by atoms with Gasteiger partial charge in [0.15, 0.2) is 5.11 Å². The number of thiocarbonyl (C=S) groups is 1. The number of nitrogens with one attached hydrogen (secondary N) is 2. The number of hydrogen-bond acceptors (Lipinski definition) is 5. The molecule has 3 heterocycles. The van der Waals surface area contributed by atoms with Crippen molar-refractivity contribution in [1.29, 1.82) is 0 Å². The average Bonchev–Trinajstić information content (AvgIpc) is 3.48. The summed E-state index contributed by atoms with van der Waals surface area (Å²) < 4.78 is 13.4. The Hall–Kier alpha value is -4.37. The molecule has 8 nitrogen and oxygen atoms in total. The van der Waals surface area contributed by atoms with E-state index in [9.17, 15) is 4.79 Å². The molecule has 2 aromatic carbocycles. The average molecular weight is 556 g/mol. The van der Waals surface area contributed by atoms with Gasteiger partial charge in [0.05, 0.1) is 37.7 Å². The molecule has 2 aromatic heterocycles. The van der Waals surface area contributed by atoms with E-state index in [-0.39, 0.29) is 18.0 Å². The molecule has 1 amide bonds. The number of carbonyl (C=O) groups is 1. The SMILES string of the molecule is CCC(=O)Nc1ccc(N2C(=S)N[C@H](c3ccccn3)[C@@H]2c2cc(C)n(-c3cccc(OC)c3)c2C)cc1OC. The first kappa shape index (κ1) is 27.2. The van der Waals surface area contributed by atoms with Crippen LogP contribution < -0.4 is 25.0 Å². The van der Waals surface area contributed by atoms with Gasteiger partial charge in [-0.05, 0) is 74.1 Å². The number of anilines is 2. The minimum absolute atomic E-state index is 0.0810. The summed E-state index contributed by atoms with van der Waals surface area (Å²) in [5.74, 6) is 1.28. The number of methoxy groups -OCH3 is 2. The van der Waals surface area contributed by atoms with Crippen LogP contribution in [-0.2, 0) is 4.79 Å². The molecule has 0 bridgehead atoms. The Morgan fingerprint density at radius 1 is 1.02 bits per heavy atom. The summed E-state index contributed by atoms with van der Waals surface area (Å²) in [4.78, 5) is 18.9. The van der Waals surface area contributed by atoms with E-state index in [4.69, 9.17) is 21.7 Å². The van der Waals surface area contributed by atoms with E-state index >= 15 is 0 Å². The van der Waals surface area contributed by atoms with E-state index in [2.05, 4.69) is 51.1 Å². The molecule has 0 spiro atoms. The quantitative estimate of drug-likeness (QED) is 0.257. The van der Waals surface area contributed by atoms with Gasteiger partial charge in [0.2, 0.25) is 5.91 Å². The van der Waals surface area contributed by atoms with E-state index in [0.717, 1.165) is 39.8 Å². The summed E-state index contributed by atoms with van der Waals surface area (Å²) in [6.45, 7) is 6.04. The second kappa shape index (κ2) is 11.4. The molecule has 0 radical (unpaired) electrons. The molecule has 1 fully saturated rings. The highest BCUT2D eigenvalue weighted by molar-refractivity contribution is 7.80. The molecule has 9 heteroatoms. The van der Waals surface area contributed by atoms with E-state index in [1.54, 1.807) is 20.4 Å². The van der Waals surface area contributed by atoms with Crippen LogP contribution in [0.5, 0.6) is 11.5 Å². The largest absolute Gasteiger partial charge is 0.497 e. The van der Waals surface area contributed by atoms with Crippen molar-refractivity contribution < 1.29 is 14.3 Å². The molecule has 0 unspecified atom stereocenters. The fraction of sp³-hybridized carbons (Fsp3) is 0.258. The van der Waals surface area contributed by atoms with Crippen LogP contribution in [0.1, 0.15) is 48.1 Å². The van der Waals surface area contributed by atoms with Gasteiger partial charge in [0.1, 0.15) is 11.5 Å². The standard InChI is InChI=1S/C31H33N5O3S/c1-6-28(37)33-25-14-13-22(18-27(25)39-5)36-30(29(34-31(36)40)26-12-7-8-15-32-26)24-16-19(2)35(20(24)3)21-10-9-11-23(17-21)38-4/h7-18,29-30H,6H2,1-5H3,(H,33,37)(H,34,40)/t29-,30+/m1/s1. The van der Waals surface area contributed by atoms with E-state index in [0.29, 0.717) is 23.0 Å². The molecule has 0 aliphatic carbocycles. The highest BCUT2D eigenvalue weighted by atomic mass is 32.1. The van der Waals surface area contributed by atoms with E-state index < -0.39 is 0 Å². The molecule has 2 N–H and O–H groups in total. The lowest BCUT2D eigenvalue weighted by Gasteiger charge is -2.29. The Bertz CT molecular complexity index is 1550. The minimum atomic E-state index is -0.200. The van der Waals surface area contributed by atoms with Crippen LogP contribution >= 0.6 is 12.2 Å². The Morgan fingerprint density at radius 3 is 2.55 bits per heavy atom. The number of amides is 1. The van der Waals surface area contributed by atoms with Crippen molar-refractivity contribution in [2.75, 3.05) is 24.4 Å². The lowest BCUT2D eigenvalue weighted by molar-refractivity contribution is -0.115. The zero-order valence-electron chi connectivity index (χ0n) is 23.3. The molecule has 206 valence electrons. The molecule has 4 aromatic rings. The van der Waals surface area contributed by atoms with Gasteiger partial charge >= 0.3 is 0 Å². The van der Waals surface area contributed by atoms with Gasteiger partial charge in [0, 0.05) is 47.5 Å². The van der Waals surface area contributed by atoms with E-state index in [1.807, 2.05) is 61.5 Å². The number of nitrogens with zero attached hydrogens (tertiary/aromatic N) is 3. The predicted octanol–water partition coefficient (Wildman–Crippen LogP) is 6.03. The van der Waals surface area contributed by atoms with Gasteiger partial charge in [0.25, 0.3) is 0 Å². The number of benzene rings is 2. The number of aryl methyl sites for hydroxylation is 1. The zero-order chi connectivity index (χ0) is 28.4. The second-order valence-electron chi connectivity index (χ2n) is 9.65. The van der Waals surface area contributed by atoms with Gasteiger partial charge < -0.3 is 29.6 Å². The maximum Gasteiger partial charge on any atom is 0.224 e. The van der Waals surface area contributed by atoms with Crippen LogP contribution in [0.25, 0.3) is 5.69 Å². The third-order valence-electron chi connectivity index (χ3n) is 7.26.